The van der Waals surface area contributed by atoms with Crippen molar-refractivity contribution in [3.63, 3.8) is 0 Å². The topological polar surface area (TPSA) is 0 Å². The SMILES string of the molecule is C/C=C/Cc1ccc(-c2ccc(-c3ccc(C)cc3)cc2F)cc1. The summed E-state index contributed by atoms with van der Waals surface area (Å²) in [6, 6.07) is 21.7. The quantitative estimate of drug-likeness (QED) is 0.476. The molecule has 3 aromatic rings. The van der Waals surface area contributed by atoms with Crippen LogP contribution in [0.15, 0.2) is 78.9 Å². The molecule has 120 valence electrons. The summed E-state index contributed by atoms with van der Waals surface area (Å²) in [5, 5.41) is 0. The number of halogens is 1. The average Bonchev–Trinajstić information content (AvgIpc) is 2.61. The fourth-order valence-corrected chi connectivity index (χ4v) is 2.75. The van der Waals surface area contributed by atoms with E-state index in [2.05, 4.69) is 18.2 Å². The lowest BCUT2D eigenvalue weighted by molar-refractivity contribution is 0.632. The molecular weight excluding hydrogens is 295 g/mol. The number of allylic oxidation sites excluding steroid dienone is 2. The van der Waals surface area contributed by atoms with Crippen molar-refractivity contribution in [1.29, 1.82) is 0 Å². The Kier molecular flexibility index (Phi) is 4.90. The van der Waals surface area contributed by atoms with Gasteiger partial charge in [-0.05, 0) is 48.6 Å². The molecule has 3 rings (SSSR count). The highest BCUT2D eigenvalue weighted by atomic mass is 19.1. The predicted octanol–water partition coefficient (Wildman–Crippen LogP) is 6.59. The first kappa shape index (κ1) is 16.2. The van der Waals surface area contributed by atoms with Crippen molar-refractivity contribution in [3.8, 4) is 22.3 Å². The van der Waals surface area contributed by atoms with Gasteiger partial charge < -0.3 is 0 Å². The van der Waals surface area contributed by atoms with E-state index in [4.69, 9.17) is 0 Å². The predicted molar refractivity (Wildman–Crippen MR) is 101 cm³/mol. The van der Waals surface area contributed by atoms with E-state index < -0.39 is 0 Å². The van der Waals surface area contributed by atoms with Crippen LogP contribution in [0.4, 0.5) is 4.39 Å². The van der Waals surface area contributed by atoms with Crippen LogP contribution < -0.4 is 0 Å². The van der Waals surface area contributed by atoms with E-state index in [1.54, 1.807) is 6.07 Å². The van der Waals surface area contributed by atoms with Crippen LogP contribution in [-0.2, 0) is 6.42 Å². The van der Waals surface area contributed by atoms with Gasteiger partial charge in [-0.15, -0.1) is 0 Å². The molecule has 0 N–H and O–H groups in total. The number of hydrogen-bond acceptors (Lipinski definition) is 0. The normalized spacial score (nSPS) is 11.1. The van der Waals surface area contributed by atoms with Crippen LogP contribution >= 0.6 is 0 Å². The van der Waals surface area contributed by atoms with Crippen molar-refractivity contribution in [1.82, 2.24) is 0 Å². The van der Waals surface area contributed by atoms with Crippen LogP contribution in [-0.4, -0.2) is 0 Å². The van der Waals surface area contributed by atoms with Gasteiger partial charge >= 0.3 is 0 Å². The molecule has 0 aliphatic carbocycles. The monoisotopic (exact) mass is 316 g/mol. The van der Waals surface area contributed by atoms with Gasteiger partial charge in [-0.3, -0.25) is 0 Å². The Hall–Kier alpha value is -2.67. The summed E-state index contributed by atoms with van der Waals surface area (Å²) in [6.45, 7) is 4.06. The van der Waals surface area contributed by atoms with E-state index in [0.717, 1.165) is 23.1 Å². The fourth-order valence-electron chi connectivity index (χ4n) is 2.75. The molecule has 0 heterocycles. The highest BCUT2D eigenvalue weighted by molar-refractivity contribution is 5.71. The van der Waals surface area contributed by atoms with Gasteiger partial charge in [-0.1, -0.05) is 78.4 Å². The van der Waals surface area contributed by atoms with Crippen molar-refractivity contribution in [3.05, 3.63) is 95.8 Å². The largest absolute Gasteiger partial charge is 0.206 e. The van der Waals surface area contributed by atoms with E-state index in [-0.39, 0.29) is 5.82 Å². The van der Waals surface area contributed by atoms with E-state index in [1.165, 1.54) is 11.1 Å². The molecule has 0 spiro atoms. The summed E-state index contributed by atoms with van der Waals surface area (Å²) in [6.07, 6.45) is 5.06. The number of benzene rings is 3. The molecule has 0 aliphatic rings. The first-order valence-corrected chi connectivity index (χ1v) is 8.24. The molecule has 0 aliphatic heterocycles. The van der Waals surface area contributed by atoms with E-state index in [0.29, 0.717) is 5.56 Å². The highest BCUT2D eigenvalue weighted by Gasteiger charge is 2.07. The van der Waals surface area contributed by atoms with E-state index in [1.807, 2.05) is 68.5 Å². The molecule has 0 unspecified atom stereocenters. The first-order valence-electron chi connectivity index (χ1n) is 8.24. The Morgan fingerprint density at radius 2 is 1.42 bits per heavy atom. The maximum absolute atomic E-state index is 14.6. The lowest BCUT2D eigenvalue weighted by atomic mass is 9.98. The zero-order valence-electron chi connectivity index (χ0n) is 14.1. The molecule has 0 aromatic heterocycles. The third-order valence-electron chi connectivity index (χ3n) is 4.21. The number of hydrogen-bond donors (Lipinski definition) is 0. The molecule has 1 heteroatoms. The van der Waals surface area contributed by atoms with Gasteiger partial charge in [-0.25, -0.2) is 4.39 Å². The Bertz CT molecular complexity index is 840. The second-order valence-corrected chi connectivity index (χ2v) is 6.03. The Morgan fingerprint density at radius 1 is 0.792 bits per heavy atom. The molecule has 0 saturated heterocycles. The maximum atomic E-state index is 14.6. The minimum absolute atomic E-state index is 0.186. The van der Waals surface area contributed by atoms with Crippen LogP contribution in [0.25, 0.3) is 22.3 Å². The van der Waals surface area contributed by atoms with Crippen molar-refractivity contribution in [2.45, 2.75) is 20.3 Å². The summed E-state index contributed by atoms with van der Waals surface area (Å²) in [4.78, 5) is 0. The highest BCUT2D eigenvalue weighted by Crippen LogP contribution is 2.28. The van der Waals surface area contributed by atoms with Crippen LogP contribution in [0, 0.1) is 12.7 Å². The standard InChI is InChI=1S/C23H21F/c1-3-4-5-18-8-12-20(13-9-18)22-15-14-21(16-23(22)24)19-10-6-17(2)7-11-19/h3-4,6-16H,5H2,1-2H3/b4-3+. The van der Waals surface area contributed by atoms with Gasteiger partial charge in [0.15, 0.2) is 0 Å². The Labute approximate surface area is 143 Å². The third-order valence-corrected chi connectivity index (χ3v) is 4.21. The summed E-state index contributed by atoms with van der Waals surface area (Å²) >= 11 is 0. The molecular formula is C23H21F. The van der Waals surface area contributed by atoms with Gasteiger partial charge in [0.05, 0.1) is 0 Å². The Morgan fingerprint density at radius 3 is 2.04 bits per heavy atom. The molecule has 0 atom stereocenters. The lowest BCUT2D eigenvalue weighted by Gasteiger charge is -2.08. The molecule has 0 saturated carbocycles. The summed E-state index contributed by atoms with van der Waals surface area (Å²) in [7, 11) is 0. The van der Waals surface area contributed by atoms with Crippen molar-refractivity contribution in [2.24, 2.45) is 0 Å². The second kappa shape index (κ2) is 7.27. The molecule has 0 nitrogen and oxygen atoms in total. The van der Waals surface area contributed by atoms with Crippen LogP contribution in [0.1, 0.15) is 18.1 Å². The fraction of sp³-hybridized carbons (Fsp3) is 0.130. The van der Waals surface area contributed by atoms with E-state index in [9.17, 15) is 4.39 Å². The molecule has 24 heavy (non-hydrogen) atoms. The summed E-state index contributed by atoms with van der Waals surface area (Å²) in [5.41, 5.74) is 5.92. The van der Waals surface area contributed by atoms with Crippen LogP contribution in [0.3, 0.4) is 0 Å². The number of rotatable bonds is 4. The molecule has 0 fully saturated rings. The average molecular weight is 316 g/mol. The minimum Gasteiger partial charge on any atom is -0.206 e. The molecule has 0 amide bonds. The van der Waals surface area contributed by atoms with Crippen molar-refractivity contribution >= 4 is 0 Å². The smallest absolute Gasteiger partial charge is 0.131 e. The van der Waals surface area contributed by atoms with Crippen molar-refractivity contribution in [2.75, 3.05) is 0 Å². The number of aryl methyl sites for hydroxylation is 1. The van der Waals surface area contributed by atoms with Gasteiger partial charge in [0, 0.05) is 5.56 Å². The van der Waals surface area contributed by atoms with Crippen LogP contribution in [0.5, 0.6) is 0 Å². The summed E-state index contributed by atoms with van der Waals surface area (Å²) in [5.74, 6) is -0.186. The zero-order chi connectivity index (χ0) is 16.9. The van der Waals surface area contributed by atoms with Gasteiger partial charge in [-0.2, -0.15) is 0 Å². The summed E-state index contributed by atoms with van der Waals surface area (Å²) < 4.78 is 14.6. The van der Waals surface area contributed by atoms with Gasteiger partial charge in [0.2, 0.25) is 0 Å². The molecule has 0 bridgehead atoms. The zero-order valence-corrected chi connectivity index (χ0v) is 14.1. The van der Waals surface area contributed by atoms with Crippen LogP contribution in [0.2, 0.25) is 0 Å². The van der Waals surface area contributed by atoms with E-state index >= 15 is 0 Å². The van der Waals surface area contributed by atoms with Crippen molar-refractivity contribution < 1.29 is 4.39 Å². The minimum atomic E-state index is -0.186. The van der Waals surface area contributed by atoms with Gasteiger partial charge in [0.25, 0.3) is 0 Å². The maximum Gasteiger partial charge on any atom is 0.131 e. The van der Waals surface area contributed by atoms with Gasteiger partial charge in [0.1, 0.15) is 5.82 Å². The lowest BCUT2D eigenvalue weighted by Crippen LogP contribution is -1.88. The molecule has 0 radical (unpaired) electrons. The first-order chi connectivity index (χ1) is 11.7. The second-order valence-electron chi connectivity index (χ2n) is 6.03. The molecule has 3 aromatic carbocycles. The third kappa shape index (κ3) is 3.62. The Balaban J connectivity index is 1.88.